The summed E-state index contributed by atoms with van der Waals surface area (Å²) in [6.45, 7) is 4.66. The van der Waals surface area contributed by atoms with Gasteiger partial charge in [0, 0.05) is 25.0 Å². The lowest BCUT2D eigenvalue weighted by Gasteiger charge is -2.33. The van der Waals surface area contributed by atoms with E-state index in [0.717, 1.165) is 38.5 Å². The fraction of sp³-hybridized carbons (Fsp3) is 0.737. The van der Waals surface area contributed by atoms with Crippen LogP contribution in [0.15, 0.2) is 12.7 Å². The Morgan fingerprint density at radius 3 is 2.28 bits per heavy atom. The SMILES string of the molecule is C=CC(=O)N1CCC(C(=O)N[C@H]2CCCCCC[C@H]2C(=O)OC)CC1. The molecule has 1 aliphatic heterocycles. The first-order valence-corrected chi connectivity index (χ1v) is 9.36. The number of likely N-dealkylation sites (tertiary alicyclic amines) is 1. The molecule has 1 aliphatic carbocycles. The van der Waals surface area contributed by atoms with Crippen LogP contribution in [0.25, 0.3) is 0 Å². The molecule has 0 aromatic carbocycles. The van der Waals surface area contributed by atoms with E-state index in [1.54, 1.807) is 4.90 Å². The van der Waals surface area contributed by atoms with Gasteiger partial charge in [-0.2, -0.15) is 0 Å². The van der Waals surface area contributed by atoms with Gasteiger partial charge < -0.3 is 15.0 Å². The minimum atomic E-state index is -0.253. The van der Waals surface area contributed by atoms with Crippen molar-refractivity contribution in [1.29, 1.82) is 0 Å². The molecule has 0 unspecified atom stereocenters. The highest BCUT2D eigenvalue weighted by Gasteiger charge is 2.33. The van der Waals surface area contributed by atoms with Crippen molar-refractivity contribution >= 4 is 17.8 Å². The third-order valence-corrected chi connectivity index (χ3v) is 5.45. The van der Waals surface area contributed by atoms with Crippen LogP contribution in [0.5, 0.6) is 0 Å². The van der Waals surface area contributed by atoms with Gasteiger partial charge in [-0.1, -0.05) is 32.3 Å². The second kappa shape index (κ2) is 9.59. The first-order chi connectivity index (χ1) is 12.1. The van der Waals surface area contributed by atoms with Gasteiger partial charge in [0.05, 0.1) is 13.0 Å². The van der Waals surface area contributed by atoms with E-state index in [1.165, 1.54) is 13.2 Å². The first kappa shape index (κ1) is 19.5. The highest BCUT2D eigenvalue weighted by molar-refractivity contribution is 5.87. The van der Waals surface area contributed by atoms with E-state index < -0.39 is 0 Å². The van der Waals surface area contributed by atoms with Crippen LogP contribution in [0, 0.1) is 11.8 Å². The van der Waals surface area contributed by atoms with Crippen molar-refractivity contribution in [3.05, 3.63) is 12.7 Å². The molecule has 0 spiro atoms. The van der Waals surface area contributed by atoms with Crippen molar-refractivity contribution in [2.75, 3.05) is 20.2 Å². The number of ether oxygens (including phenoxy) is 1. The number of esters is 1. The Hall–Kier alpha value is -1.85. The molecule has 6 nitrogen and oxygen atoms in total. The summed E-state index contributed by atoms with van der Waals surface area (Å²) in [5.74, 6) is -0.650. The largest absolute Gasteiger partial charge is 0.469 e. The standard InChI is InChI=1S/C19H30N2O4/c1-3-17(22)21-12-10-14(11-13-21)18(23)20-16-9-7-5-4-6-8-15(16)19(24)25-2/h3,14-16H,1,4-13H2,2H3,(H,20,23)/t15-,16+/m1/s1. The summed E-state index contributed by atoms with van der Waals surface area (Å²) in [5.41, 5.74) is 0. The Morgan fingerprint density at radius 1 is 1.04 bits per heavy atom. The fourth-order valence-electron chi connectivity index (χ4n) is 3.88. The number of piperidine rings is 1. The molecule has 0 radical (unpaired) electrons. The maximum atomic E-state index is 12.7. The molecule has 0 bridgehead atoms. The van der Waals surface area contributed by atoms with Gasteiger partial charge in [-0.15, -0.1) is 0 Å². The van der Waals surface area contributed by atoms with E-state index in [0.29, 0.717) is 25.9 Å². The highest BCUT2D eigenvalue weighted by atomic mass is 16.5. The molecule has 2 aliphatic rings. The number of rotatable bonds is 4. The zero-order valence-corrected chi connectivity index (χ0v) is 15.2. The zero-order valence-electron chi connectivity index (χ0n) is 15.2. The fourth-order valence-corrected chi connectivity index (χ4v) is 3.88. The molecule has 6 heteroatoms. The van der Waals surface area contributed by atoms with Crippen molar-refractivity contribution in [3.8, 4) is 0 Å². The molecule has 25 heavy (non-hydrogen) atoms. The summed E-state index contributed by atoms with van der Waals surface area (Å²) >= 11 is 0. The molecule has 2 rings (SSSR count). The monoisotopic (exact) mass is 350 g/mol. The summed E-state index contributed by atoms with van der Waals surface area (Å²) < 4.78 is 4.95. The van der Waals surface area contributed by atoms with E-state index in [1.807, 2.05) is 0 Å². The van der Waals surface area contributed by atoms with Crippen molar-refractivity contribution in [2.24, 2.45) is 11.8 Å². The lowest BCUT2D eigenvalue weighted by molar-refractivity contribution is -0.147. The van der Waals surface area contributed by atoms with Crippen LogP contribution >= 0.6 is 0 Å². The predicted octanol–water partition coefficient (Wildman–Crippen LogP) is 2.04. The van der Waals surface area contributed by atoms with E-state index in [2.05, 4.69) is 11.9 Å². The van der Waals surface area contributed by atoms with Crippen molar-refractivity contribution in [1.82, 2.24) is 10.2 Å². The number of nitrogens with one attached hydrogen (secondary N) is 1. The Labute approximate surface area is 150 Å². The van der Waals surface area contributed by atoms with Crippen LogP contribution in [0.3, 0.4) is 0 Å². The minimum Gasteiger partial charge on any atom is -0.469 e. The normalized spacial score (nSPS) is 25.4. The summed E-state index contributed by atoms with van der Waals surface area (Å²) in [7, 11) is 1.41. The molecule has 0 aromatic rings. The molecule has 2 atom stereocenters. The predicted molar refractivity (Wildman–Crippen MR) is 94.6 cm³/mol. The molecular weight excluding hydrogens is 320 g/mol. The van der Waals surface area contributed by atoms with Crippen LogP contribution in [-0.2, 0) is 19.1 Å². The van der Waals surface area contributed by atoms with E-state index in [9.17, 15) is 14.4 Å². The van der Waals surface area contributed by atoms with Gasteiger partial charge in [-0.25, -0.2) is 0 Å². The first-order valence-electron chi connectivity index (χ1n) is 9.36. The number of carbonyl (C=O) groups is 3. The number of hydrogen-bond acceptors (Lipinski definition) is 4. The van der Waals surface area contributed by atoms with Crippen LogP contribution < -0.4 is 5.32 Å². The van der Waals surface area contributed by atoms with Crippen molar-refractivity contribution in [3.63, 3.8) is 0 Å². The lowest BCUT2D eigenvalue weighted by atomic mass is 9.86. The van der Waals surface area contributed by atoms with Gasteiger partial charge in [0.15, 0.2) is 0 Å². The van der Waals surface area contributed by atoms with Gasteiger partial charge in [0.25, 0.3) is 0 Å². The second-order valence-electron chi connectivity index (χ2n) is 7.04. The molecular formula is C19H30N2O4. The second-order valence-corrected chi connectivity index (χ2v) is 7.04. The van der Waals surface area contributed by atoms with Crippen LogP contribution in [0.1, 0.15) is 51.4 Å². The van der Waals surface area contributed by atoms with Gasteiger partial charge in [0.1, 0.15) is 0 Å². The minimum absolute atomic E-state index is 0.00479. The molecule has 0 aromatic heterocycles. The van der Waals surface area contributed by atoms with Gasteiger partial charge in [-0.3, -0.25) is 14.4 Å². The molecule has 140 valence electrons. The van der Waals surface area contributed by atoms with Crippen molar-refractivity contribution in [2.45, 2.75) is 57.4 Å². The third-order valence-electron chi connectivity index (χ3n) is 5.45. The van der Waals surface area contributed by atoms with Gasteiger partial charge >= 0.3 is 5.97 Å². The van der Waals surface area contributed by atoms with Crippen LogP contribution in [-0.4, -0.2) is 48.9 Å². The third kappa shape index (κ3) is 5.31. The van der Waals surface area contributed by atoms with Crippen molar-refractivity contribution < 1.29 is 19.1 Å². The molecule has 1 saturated heterocycles. The maximum absolute atomic E-state index is 12.7. The van der Waals surface area contributed by atoms with Gasteiger partial charge in [0.2, 0.25) is 11.8 Å². The molecule has 1 saturated carbocycles. The summed E-state index contributed by atoms with van der Waals surface area (Å²) in [5, 5.41) is 3.12. The van der Waals surface area contributed by atoms with Gasteiger partial charge in [-0.05, 0) is 31.8 Å². The highest BCUT2D eigenvalue weighted by Crippen LogP contribution is 2.25. The Bertz CT molecular complexity index is 498. The van der Waals surface area contributed by atoms with E-state index in [-0.39, 0.29) is 35.7 Å². The topological polar surface area (TPSA) is 75.7 Å². The van der Waals surface area contributed by atoms with E-state index in [4.69, 9.17) is 4.74 Å². The van der Waals surface area contributed by atoms with Crippen LogP contribution in [0.2, 0.25) is 0 Å². The molecule has 2 fully saturated rings. The van der Waals surface area contributed by atoms with E-state index >= 15 is 0 Å². The number of nitrogens with zero attached hydrogens (tertiary/aromatic N) is 1. The Morgan fingerprint density at radius 2 is 1.68 bits per heavy atom. The average Bonchev–Trinajstić information content (AvgIpc) is 2.63. The number of amides is 2. The summed E-state index contributed by atoms with van der Waals surface area (Å²) in [4.78, 5) is 38.2. The smallest absolute Gasteiger partial charge is 0.310 e. The Kier molecular flexibility index (Phi) is 7.47. The average molecular weight is 350 g/mol. The quantitative estimate of drug-likeness (QED) is 0.622. The summed E-state index contributed by atoms with van der Waals surface area (Å²) in [6, 6.07) is -0.145. The lowest BCUT2D eigenvalue weighted by Crippen LogP contribution is -2.48. The number of methoxy groups -OCH3 is 1. The Balaban J connectivity index is 1.93. The molecule has 1 N–H and O–H groups in total. The van der Waals surface area contributed by atoms with Crippen LogP contribution in [0.4, 0.5) is 0 Å². The zero-order chi connectivity index (χ0) is 18.2. The number of carbonyl (C=O) groups excluding carboxylic acids is 3. The maximum Gasteiger partial charge on any atom is 0.310 e. The molecule has 1 heterocycles. The molecule has 2 amide bonds. The number of hydrogen-bond donors (Lipinski definition) is 1. The summed E-state index contributed by atoms with van der Waals surface area (Å²) in [6.07, 6.45) is 8.49.